The van der Waals surface area contributed by atoms with E-state index >= 15 is 0 Å². The van der Waals surface area contributed by atoms with Gasteiger partial charge in [-0.05, 0) is 15.9 Å². The first kappa shape index (κ1) is 14.5. The van der Waals surface area contributed by atoms with Crippen molar-refractivity contribution in [2.45, 2.75) is 19.3 Å². The first-order chi connectivity index (χ1) is 9.37. The molecule has 0 aliphatic heterocycles. The van der Waals surface area contributed by atoms with Gasteiger partial charge in [0, 0.05) is 0 Å². The number of alkyl halides is 3. The summed E-state index contributed by atoms with van der Waals surface area (Å²) in [5.41, 5.74) is -0.654. The molecule has 0 radical (unpaired) electrons. The predicted molar refractivity (Wildman–Crippen MR) is 63.9 cm³/mol. The topological polar surface area (TPSA) is 85.8 Å². The summed E-state index contributed by atoms with van der Waals surface area (Å²) in [6.07, 6.45) is -2.28. The lowest BCUT2D eigenvalue weighted by Crippen LogP contribution is -2.31. The van der Waals surface area contributed by atoms with Gasteiger partial charge in [-0.1, -0.05) is 5.16 Å². The molecule has 0 spiro atoms. The number of nitrogens with one attached hydrogen (secondary N) is 1. The Hall–Kier alpha value is -1.91. The fourth-order valence-electron chi connectivity index (χ4n) is 1.32. The van der Waals surface area contributed by atoms with Gasteiger partial charge in [-0.2, -0.15) is 23.3 Å². The number of halogens is 4. The lowest BCUT2D eigenvalue weighted by molar-refractivity contribution is -0.143. The Morgan fingerprint density at radius 3 is 2.80 bits per heavy atom. The fraction of sp³-hybridized carbons (Fsp3) is 0.333. The van der Waals surface area contributed by atoms with Gasteiger partial charge in [0.05, 0.1) is 18.4 Å². The van der Waals surface area contributed by atoms with Crippen LogP contribution in [0.3, 0.4) is 0 Å². The molecule has 108 valence electrons. The van der Waals surface area contributed by atoms with Gasteiger partial charge >= 0.3 is 6.18 Å². The van der Waals surface area contributed by atoms with Gasteiger partial charge in [-0.3, -0.25) is 4.79 Å². The van der Waals surface area contributed by atoms with E-state index in [1.165, 1.54) is 0 Å². The largest absolute Gasteiger partial charge is 0.408 e. The number of nitrogens with zero attached hydrogens (tertiary/aromatic N) is 4. The molecular formula is C9H7BrF3N5O2. The molecule has 11 heteroatoms. The third-order valence-corrected chi connectivity index (χ3v) is 2.92. The first-order valence-electron chi connectivity index (χ1n) is 5.18. The molecule has 0 amide bonds. The molecule has 0 atom stereocenters. The lowest BCUT2D eigenvalue weighted by atomic mass is 10.4. The van der Waals surface area contributed by atoms with E-state index in [1.807, 2.05) is 0 Å². The summed E-state index contributed by atoms with van der Waals surface area (Å²) >= 11 is 2.94. The van der Waals surface area contributed by atoms with Crippen LogP contribution in [0.5, 0.6) is 0 Å². The second-order valence-electron chi connectivity index (χ2n) is 3.65. The Morgan fingerprint density at radius 2 is 2.20 bits per heavy atom. The summed E-state index contributed by atoms with van der Waals surface area (Å²) in [5, 5.41) is 9.74. The second-order valence-corrected chi connectivity index (χ2v) is 4.44. The maximum Gasteiger partial charge on any atom is 0.408 e. The number of aromatic nitrogens is 4. The van der Waals surface area contributed by atoms with Crippen LogP contribution in [-0.2, 0) is 13.1 Å². The van der Waals surface area contributed by atoms with Crippen molar-refractivity contribution in [3.8, 4) is 0 Å². The minimum Gasteiger partial charge on any atom is -0.375 e. The molecule has 1 N–H and O–H groups in total. The molecule has 2 heterocycles. The van der Waals surface area contributed by atoms with Gasteiger partial charge in [0.1, 0.15) is 11.0 Å². The average Bonchev–Trinajstić information content (AvgIpc) is 2.86. The van der Waals surface area contributed by atoms with Crippen LogP contribution in [-0.4, -0.2) is 26.1 Å². The highest BCUT2D eigenvalue weighted by Gasteiger charge is 2.29. The monoisotopic (exact) mass is 353 g/mol. The van der Waals surface area contributed by atoms with Gasteiger partial charge < -0.3 is 9.84 Å². The molecule has 7 nitrogen and oxygen atoms in total. The van der Waals surface area contributed by atoms with Crippen LogP contribution in [0.15, 0.2) is 26.4 Å². The maximum absolute atomic E-state index is 12.2. The Morgan fingerprint density at radius 1 is 1.45 bits per heavy atom. The smallest absolute Gasteiger partial charge is 0.375 e. The van der Waals surface area contributed by atoms with Crippen molar-refractivity contribution in [2.75, 3.05) is 5.32 Å². The van der Waals surface area contributed by atoms with Crippen molar-refractivity contribution in [3.05, 3.63) is 33.2 Å². The molecule has 0 aromatic carbocycles. The van der Waals surface area contributed by atoms with Crippen LogP contribution >= 0.6 is 15.9 Å². The van der Waals surface area contributed by atoms with Crippen LogP contribution in [0.4, 0.5) is 18.9 Å². The molecule has 2 aromatic heterocycles. The number of anilines is 1. The maximum atomic E-state index is 12.2. The Labute approximate surface area is 117 Å². The molecule has 0 unspecified atom stereocenters. The molecular weight excluding hydrogens is 347 g/mol. The summed E-state index contributed by atoms with van der Waals surface area (Å²) in [4.78, 5) is 15.4. The highest BCUT2D eigenvalue weighted by atomic mass is 79.9. The van der Waals surface area contributed by atoms with E-state index in [4.69, 9.17) is 0 Å². The highest BCUT2D eigenvalue weighted by molar-refractivity contribution is 9.10. The molecule has 0 saturated carbocycles. The van der Waals surface area contributed by atoms with E-state index in [9.17, 15) is 18.0 Å². The summed E-state index contributed by atoms with van der Waals surface area (Å²) in [5.74, 6) is 0.330. The summed E-state index contributed by atoms with van der Waals surface area (Å²) in [6, 6.07) is 0. The predicted octanol–water partition coefficient (Wildman–Crippen LogP) is 1.56. The van der Waals surface area contributed by atoms with E-state index in [0.29, 0.717) is 10.5 Å². The summed E-state index contributed by atoms with van der Waals surface area (Å²) in [6.45, 7) is -1.31. The zero-order valence-corrected chi connectivity index (χ0v) is 11.3. The third kappa shape index (κ3) is 3.56. The third-order valence-electron chi connectivity index (χ3n) is 2.16. The summed E-state index contributed by atoms with van der Waals surface area (Å²) < 4.78 is 41.5. The Bertz CT molecular complexity index is 640. The van der Waals surface area contributed by atoms with Crippen molar-refractivity contribution in [3.63, 3.8) is 0 Å². The number of hydrogen-bond donors (Lipinski definition) is 1. The first-order valence-corrected chi connectivity index (χ1v) is 5.97. The lowest BCUT2D eigenvalue weighted by Gasteiger charge is -2.11. The molecule has 0 aliphatic rings. The minimum atomic E-state index is -4.52. The SMILES string of the molecule is O=c1c(Br)c(NCc2ncon2)cnn1CC(F)(F)F. The molecule has 2 aromatic rings. The van der Waals surface area contributed by atoms with E-state index in [1.54, 1.807) is 0 Å². The zero-order chi connectivity index (χ0) is 14.8. The normalized spacial score (nSPS) is 11.6. The van der Waals surface area contributed by atoms with Gasteiger partial charge in [0.15, 0.2) is 5.82 Å². The van der Waals surface area contributed by atoms with Gasteiger partial charge in [-0.15, -0.1) is 0 Å². The zero-order valence-electron chi connectivity index (χ0n) is 9.69. The molecule has 0 fully saturated rings. The average molecular weight is 354 g/mol. The Kier molecular flexibility index (Phi) is 4.06. The fourth-order valence-corrected chi connectivity index (χ4v) is 1.76. The van der Waals surface area contributed by atoms with E-state index in [2.05, 4.69) is 41.0 Å². The van der Waals surface area contributed by atoms with E-state index in [0.717, 1.165) is 12.6 Å². The minimum absolute atomic E-state index is 0.0553. The van der Waals surface area contributed by atoms with Crippen molar-refractivity contribution in [1.29, 1.82) is 0 Å². The van der Waals surface area contributed by atoms with Crippen LogP contribution in [0.25, 0.3) is 0 Å². The second kappa shape index (κ2) is 5.61. The van der Waals surface area contributed by atoms with Crippen molar-refractivity contribution in [2.24, 2.45) is 0 Å². The quantitative estimate of drug-likeness (QED) is 0.897. The van der Waals surface area contributed by atoms with Gasteiger partial charge in [-0.25, -0.2) is 4.68 Å². The summed E-state index contributed by atoms with van der Waals surface area (Å²) in [7, 11) is 0. The molecule has 0 bridgehead atoms. The van der Waals surface area contributed by atoms with Crippen molar-refractivity contribution in [1.82, 2.24) is 19.9 Å². The Balaban J connectivity index is 2.16. The van der Waals surface area contributed by atoms with Crippen LogP contribution < -0.4 is 10.9 Å². The van der Waals surface area contributed by atoms with E-state index in [-0.39, 0.29) is 16.7 Å². The highest BCUT2D eigenvalue weighted by Crippen LogP contribution is 2.19. The van der Waals surface area contributed by atoms with Gasteiger partial charge in [0.2, 0.25) is 6.39 Å². The molecule has 2 rings (SSSR count). The molecule has 20 heavy (non-hydrogen) atoms. The standard InChI is InChI=1S/C9H7BrF3N5O2/c10-7-5(14-2-6-15-4-20-17-6)1-16-18(8(7)19)3-9(11,12)13/h1,4,14H,2-3H2. The van der Waals surface area contributed by atoms with Crippen LogP contribution in [0, 0.1) is 0 Å². The van der Waals surface area contributed by atoms with Gasteiger partial charge in [0.25, 0.3) is 5.56 Å². The van der Waals surface area contributed by atoms with Crippen molar-refractivity contribution >= 4 is 21.6 Å². The number of rotatable bonds is 4. The van der Waals surface area contributed by atoms with Crippen molar-refractivity contribution < 1.29 is 17.7 Å². The van der Waals surface area contributed by atoms with Crippen LogP contribution in [0.2, 0.25) is 0 Å². The molecule has 0 saturated heterocycles. The van der Waals surface area contributed by atoms with Crippen LogP contribution in [0.1, 0.15) is 5.82 Å². The molecule has 0 aliphatic carbocycles. The number of hydrogen-bond acceptors (Lipinski definition) is 6. The van der Waals surface area contributed by atoms with E-state index < -0.39 is 18.3 Å².